The molecule has 0 spiro atoms. The number of halogens is 1. The van der Waals surface area contributed by atoms with Gasteiger partial charge in [-0.15, -0.1) is 12.4 Å². The molecule has 0 radical (unpaired) electrons. The molecule has 1 fully saturated rings. The smallest absolute Gasteiger partial charge is 0.410 e. The van der Waals surface area contributed by atoms with Gasteiger partial charge in [-0.1, -0.05) is 0 Å². The van der Waals surface area contributed by atoms with E-state index in [4.69, 9.17) is 9.84 Å². The van der Waals surface area contributed by atoms with Gasteiger partial charge in [-0.3, -0.25) is 9.59 Å². The zero-order valence-electron chi connectivity index (χ0n) is 11.3. The summed E-state index contributed by atoms with van der Waals surface area (Å²) >= 11 is 0. The number of Topliss-reactive ketones (excluding diaryl/α,β-unsaturated/α-hetero) is 1. The molecular formula is C12H20ClNO5. The molecule has 6 nitrogen and oxygen atoms in total. The largest absolute Gasteiger partial charge is 0.481 e. The van der Waals surface area contributed by atoms with Gasteiger partial charge in [0, 0.05) is 19.5 Å². The predicted molar refractivity (Wildman–Crippen MR) is 70.4 cm³/mol. The first-order valence-corrected chi connectivity index (χ1v) is 5.94. The summed E-state index contributed by atoms with van der Waals surface area (Å²) in [6, 6.07) is 0. The Kier molecular flexibility index (Phi) is 6.29. The average Bonchev–Trinajstić information content (AvgIpc) is 2.37. The first-order valence-electron chi connectivity index (χ1n) is 5.94. The van der Waals surface area contributed by atoms with Crippen LogP contribution in [0.25, 0.3) is 0 Å². The summed E-state index contributed by atoms with van der Waals surface area (Å²) in [5.74, 6) is -2.65. The molecule has 0 aliphatic carbocycles. The van der Waals surface area contributed by atoms with Crippen LogP contribution in [0.5, 0.6) is 0 Å². The van der Waals surface area contributed by atoms with E-state index < -0.39 is 23.6 Å². The first kappa shape index (κ1) is 17.7. The third-order valence-corrected chi connectivity index (χ3v) is 2.59. The van der Waals surface area contributed by atoms with Gasteiger partial charge < -0.3 is 14.7 Å². The zero-order valence-corrected chi connectivity index (χ0v) is 12.2. The lowest BCUT2D eigenvalue weighted by Gasteiger charge is -2.27. The topological polar surface area (TPSA) is 83.9 Å². The highest BCUT2D eigenvalue weighted by atomic mass is 35.5. The van der Waals surface area contributed by atoms with Gasteiger partial charge in [0.15, 0.2) is 0 Å². The zero-order chi connectivity index (χ0) is 13.9. The maximum atomic E-state index is 11.8. The lowest BCUT2D eigenvalue weighted by atomic mass is 10.0. The normalized spacial score (nSPS) is 20.3. The third kappa shape index (κ3) is 5.46. The molecule has 0 aromatic rings. The van der Waals surface area contributed by atoms with E-state index >= 15 is 0 Å². The number of carbonyl (C=O) groups excluding carboxylic acids is 2. The van der Waals surface area contributed by atoms with Crippen molar-refractivity contribution in [2.24, 2.45) is 5.92 Å². The van der Waals surface area contributed by atoms with Crippen molar-refractivity contribution in [3.05, 3.63) is 0 Å². The van der Waals surface area contributed by atoms with E-state index in [1.165, 1.54) is 4.90 Å². The first-order chi connectivity index (χ1) is 8.20. The van der Waals surface area contributed by atoms with Crippen molar-refractivity contribution in [3.63, 3.8) is 0 Å². The Morgan fingerprint density at radius 1 is 1.37 bits per heavy atom. The number of amides is 1. The molecule has 1 amide bonds. The van der Waals surface area contributed by atoms with Crippen LogP contribution in [0.15, 0.2) is 0 Å². The molecule has 0 bridgehead atoms. The van der Waals surface area contributed by atoms with E-state index in [-0.39, 0.29) is 31.2 Å². The summed E-state index contributed by atoms with van der Waals surface area (Å²) in [4.78, 5) is 35.7. The van der Waals surface area contributed by atoms with Crippen molar-refractivity contribution in [2.45, 2.75) is 39.2 Å². The molecule has 1 unspecified atom stereocenters. The van der Waals surface area contributed by atoms with Crippen molar-refractivity contribution in [3.8, 4) is 0 Å². The number of ketones is 1. The van der Waals surface area contributed by atoms with Crippen LogP contribution in [0, 0.1) is 5.92 Å². The molecule has 1 heterocycles. The van der Waals surface area contributed by atoms with Crippen LogP contribution in [0.4, 0.5) is 4.79 Å². The number of carboxylic acids is 1. The molecule has 0 saturated carbocycles. The predicted octanol–water partition coefficient (Wildman–Crippen LogP) is 1.71. The number of ether oxygens (including phenoxy) is 1. The quantitative estimate of drug-likeness (QED) is 0.744. The molecule has 19 heavy (non-hydrogen) atoms. The summed E-state index contributed by atoms with van der Waals surface area (Å²) < 4.78 is 5.18. The van der Waals surface area contributed by atoms with Gasteiger partial charge in [0.25, 0.3) is 0 Å². The van der Waals surface area contributed by atoms with Crippen molar-refractivity contribution >= 4 is 30.3 Å². The number of rotatable bonds is 1. The second-order valence-electron chi connectivity index (χ2n) is 5.39. The number of carboxylic acid groups (broad SMARTS) is 1. The highest BCUT2D eigenvalue weighted by Gasteiger charge is 2.34. The molecular weight excluding hydrogens is 274 g/mol. The Hall–Kier alpha value is -1.30. The minimum Gasteiger partial charge on any atom is -0.481 e. The lowest BCUT2D eigenvalue weighted by Crippen LogP contribution is -2.41. The number of aliphatic carboxylic acids is 1. The van der Waals surface area contributed by atoms with Crippen molar-refractivity contribution < 1.29 is 24.2 Å². The van der Waals surface area contributed by atoms with Gasteiger partial charge in [0.2, 0.25) is 0 Å². The molecule has 1 aliphatic rings. The Balaban J connectivity index is 0.00000324. The second kappa shape index (κ2) is 6.75. The van der Waals surface area contributed by atoms with Crippen molar-refractivity contribution in [1.29, 1.82) is 0 Å². The summed E-state index contributed by atoms with van der Waals surface area (Å²) in [7, 11) is 0. The van der Waals surface area contributed by atoms with Gasteiger partial charge in [-0.2, -0.15) is 0 Å². The molecule has 1 saturated heterocycles. The maximum Gasteiger partial charge on any atom is 0.410 e. The van der Waals surface area contributed by atoms with E-state index in [1.807, 2.05) is 0 Å². The fraction of sp³-hybridized carbons (Fsp3) is 0.750. The van der Waals surface area contributed by atoms with Gasteiger partial charge >= 0.3 is 12.1 Å². The molecule has 0 aromatic heterocycles. The van der Waals surface area contributed by atoms with E-state index in [1.54, 1.807) is 20.8 Å². The van der Waals surface area contributed by atoms with E-state index in [2.05, 4.69) is 0 Å². The van der Waals surface area contributed by atoms with E-state index in [9.17, 15) is 14.4 Å². The van der Waals surface area contributed by atoms with Crippen LogP contribution in [0.3, 0.4) is 0 Å². The number of hydrogen-bond acceptors (Lipinski definition) is 4. The summed E-state index contributed by atoms with van der Waals surface area (Å²) in [6.45, 7) is 5.46. The highest BCUT2D eigenvalue weighted by molar-refractivity contribution is 5.99. The van der Waals surface area contributed by atoms with Crippen LogP contribution in [-0.2, 0) is 14.3 Å². The number of carbonyl (C=O) groups is 3. The Morgan fingerprint density at radius 3 is 2.42 bits per heavy atom. The van der Waals surface area contributed by atoms with Gasteiger partial charge in [0.05, 0.1) is 0 Å². The fourth-order valence-electron chi connectivity index (χ4n) is 1.74. The van der Waals surface area contributed by atoms with E-state index in [0.29, 0.717) is 13.0 Å². The Bertz CT molecular complexity index is 364. The summed E-state index contributed by atoms with van der Waals surface area (Å²) in [5.41, 5.74) is -0.633. The maximum absolute atomic E-state index is 11.8. The Labute approximate surface area is 118 Å². The van der Waals surface area contributed by atoms with Gasteiger partial charge in [0.1, 0.15) is 17.3 Å². The standard InChI is InChI=1S/C12H19NO5.ClH/c1-12(2,3)18-11(17)13-6-4-5-9(14)8(7-13)10(15)16;/h8H,4-7H2,1-3H3,(H,15,16);1H. The minimum absolute atomic E-state index is 0. The molecule has 1 atom stereocenters. The number of hydrogen-bond donors (Lipinski definition) is 1. The molecule has 1 rings (SSSR count). The number of likely N-dealkylation sites (tertiary alicyclic amines) is 1. The molecule has 1 N–H and O–H groups in total. The molecule has 110 valence electrons. The van der Waals surface area contributed by atoms with Crippen molar-refractivity contribution in [2.75, 3.05) is 13.1 Å². The fourth-order valence-corrected chi connectivity index (χ4v) is 1.74. The Morgan fingerprint density at radius 2 is 1.95 bits per heavy atom. The molecule has 1 aliphatic heterocycles. The molecule has 0 aromatic carbocycles. The van der Waals surface area contributed by atoms with Crippen LogP contribution in [0.2, 0.25) is 0 Å². The van der Waals surface area contributed by atoms with Crippen LogP contribution in [0.1, 0.15) is 33.6 Å². The van der Waals surface area contributed by atoms with Gasteiger partial charge in [-0.25, -0.2) is 4.79 Å². The highest BCUT2D eigenvalue weighted by Crippen LogP contribution is 2.17. The molecule has 7 heteroatoms. The van der Waals surface area contributed by atoms with Crippen LogP contribution in [-0.4, -0.2) is 46.5 Å². The van der Waals surface area contributed by atoms with Gasteiger partial charge in [-0.05, 0) is 27.2 Å². The SMILES string of the molecule is CC(C)(C)OC(=O)N1CCCC(=O)C(C(=O)O)C1.Cl. The summed E-state index contributed by atoms with van der Waals surface area (Å²) in [6.07, 6.45) is 0.0986. The second-order valence-corrected chi connectivity index (χ2v) is 5.39. The lowest BCUT2D eigenvalue weighted by molar-refractivity contribution is -0.146. The number of nitrogens with zero attached hydrogens (tertiary/aromatic N) is 1. The third-order valence-electron chi connectivity index (χ3n) is 2.59. The van der Waals surface area contributed by atoms with Crippen molar-refractivity contribution in [1.82, 2.24) is 4.90 Å². The van der Waals surface area contributed by atoms with E-state index in [0.717, 1.165) is 0 Å². The van der Waals surface area contributed by atoms with Crippen LogP contribution < -0.4 is 0 Å². The van der Waals surface area contributed by atoms with Crippen LogP contribution >= 0.6 is 12.4 Å². The summed E-state index contributed by atoms with van der Waals surface area (Å²) in [5, 5.41) is 8.97. The average molecular weight is 294 g/mol. The monoisotopic (exact) mass is 293 g/mol. The minimum atomic E-state index is -1.18.